The number of carbonyl (C=O) groups excluding carboxylic acids is 1. The van der Waals surface area contributed by atoms with Gasteiger partial charge in [-0.1, -0.05) is 28.7 Å². The lowest BCUT2D eigenvalue weighted by molar-refractivity contribution is 0.153. The van der Waals surface area contributed by atoms with Crippen LogP contribution in [0.5, 0.6) is 0 Å². The molecule has 90 valence electrons. The van der Waals surface area contributed by atoms with Gasteiger partial charge in [0, 0.05) is 19.3 Å². The molecule has 16 heavy (non-hydrogen) atoms. The molecule has 1 saturated heterocycles. The molecular weight excluding hydrogens is 246 g/mol. The molecule has 0 aromatic rings. The van der Waals surface area contributed by atoms with Crippen LogP contribution < -0.4 is 5.32 Å². The first kappa shape index (κ1) is 13.4. The van der Waals surface area contributed by atoms with Crippen molar-refractivity contribution in [1.82, 2.24) is 5.32 Å². The molecular formula is C9H15N3O2S2. The third kappa shape index (κ3) is 4.05. The molecule has 0 aromatic heterocycles. The SMILES string of the molecule is CCN=C1SC[C@@](C)(/C=N\OC(=O)NC)S1. The average molecular weight is 261 g/mol. The van der Waals surface area contributed by atoms with Gasteiger partial charge in [-0.25, -0.2) is 4.79 Å². The van der Waals surface area contributed by atoms with Gasteiger partial charge in [-0.15, -0.1) is 0 Å². The average Bonchev–Trinajstić information content (AvgIpc) is 2.61. The third-order valence-corrected chi connectivity index (χ3v) is 4.68. The number of nitrogens with one attached hydrogen (secondary N) is 1. The first-order valence-corrected chi connectivity index (χ1v) is 6.69. The minimum atomic E-state index is -0.557. The topological polar surface area (TPSA) is 63.1 Å². The minimum absolute atomic E-state index is 0.146. The van der Waals surface area contributed by atoms with E-state index in [1.54, 1.807) is 29.7 Å². The van der Waals surface area contributed by atoms with Crippen molar-refractivity contribution >= 4 is 40.2 Å². The van der Waals surface area contributed by atoms with Gasteiger partial charge in [-0.2, -0.15) is 0 Å². The second-order valence-electron chi connectivity index (χ2n) is 3.31. The zero-order valence-electron chi connectivity index (χ0n) is 9.52. The van der Waals surface area contributed by atoms with E-state index in [1.807, 2.05) is 13.8 Å². The summed E-state index contributed by atoms with van der Waals surface area (Å²) in [6.07, 6.45) is 1.09. The van der Waals surface area contributed by atoms with Gasteiger partial charge in [0.15, 0.2) is 0 Å². The molecule has 0 saturated carbocycles. The van der Waals surface area contributed by atoms with Crippen LogP contribution in [0.25, 0.3) is 0 Å². The molecule has 0 bridgehead atoms. The number of amides is 1. The molecule has 1 N–H and O–H groups in total. The Morgan fingerprint density at radius 3 is 3.12 bits per heavy atom. The van der Waals surface area contributed by atoms with Crippen LogP contribution in [0.4, 0.5) is 4.79 Å². The highest BCUT2D eigenvalue weighted by Gasteiger charge is 2.33. The summed E-state index contributed by atoms with van der Waals surface area (Å²) in [5.74, 6) is 0.886. The van der Waals surface area contributed by atoms with E-state index >= 15 is 0 Å². The lowest BCUT2D eigenvalue weighted by Crippen LogP contribution is -2.23. The molecule has 1 fully saturated rings. The quantitative estimate of drug-likeness (QED) is 0.479. The van der Waals surface area contributed by atoms with Gasteiger partial charge >= 0.3 is 6.09 Å². The number of nitrogens with zero attached hydrogens (tertiary/aromatic N) is 2. The van der Waals surface area contributed by atoms with Crippen LogP contribution in [0.1, 0.15) is 13.8 Å². The third-order valence-electron chi connectivity index (χ3n) is 1.76. The zero-order valence-corrected chi connectivity index (χ0v) is 11.2. The van der Waals surface area contributed by atoms with Crippen molar-refractivity contribution in [1.29, 1.82) is 0 Å². The first-order chi connectivity index (χ1) is 7.59. The number of thioether (sulfide) groups is 2. The van der Waals surface area contributed by atoms with Gasteiger partial charge in [0.2, 0.25) is 0 Å². The van der Waals surface area contributed by atoms with E-state index in [-0.39, 0.29) is 4.75 Å². The van der Waals surface area contributed by atoms with E-state index in [0.29, 0.717) is 0 Å². The normalized spacial score (nSPS) is 27.6. The molecule has 0 aliphatic carbocycles. The molecule has 1 amide bonds. The maximum absolute atomic E-state index is 10.8. The number of rotatable bonds is 3. The van der Waals surface area contributed by atoms with Gasteiger partial charge in [0.05, 0.1) is 11.0 Å². The number of aliphatic imine (C=N–C) groups is 1. The largest absolute Gasteiger partial charge is 0.433 e. The summed E-state index contributed by atoms with van der Waals surface area (Å²) in [7, 11) is 1.49. The number of carbonyl (C=O) groups is 1. The predicted molar refractivity (Wildman–Crippen MR) is 70.5 cm³/mol. The van der Waals surface area contributed by atoms with Crippen LogP contribution in [-0.4, -0.2) is 40.8 Å². The first-order valence-electron chi connectivity index (χ1n) is 4.89. The molecule has 0 radical (unpaired) electrons. The Balaban J connectivity index is 2.48. The fraction of sp³-hybridized carbons (Fsp3) is 0.667. The van der Waals surface area contributed by atoms with Gasteiger partial charge in [0.25, 0.3) is 0 Å². The van der Waals surface area contributed by atoms with Crippen LogP contribution in [0.3, 0.4) is 0 Å². The molecule has 1 rings (SSSR count). The number of hydrogen-bond donors (Lipinski definition) is 1. The molecule has 1 atom stereocenters. The summed E-state index contributed by atoms with van der Waals surface area (Å²) in [5, 5.41) is 5.99. The van der Waals surface area contributed by atoms with Crippen molar-refractivity contribution in [3.05, 3.63) is 0 Å². The summed E-state index contributed by atoms with van der Waals surface area (Å²) in [6.45, 7) is 4.84. The Labute approximate surface area is 103 Å². The molecule has 1 aliphatic heterocycles. The van der Waals surface area contributed by atoms with Crippen LogP contribution in [-0.2, 0) is 4.84 Å². The van der Waals surface area contributed by atoms with Gasteiger partial charge in [0.1, 0.15) is 4.38 Å². The van der Waals surface area contributed by atoms with E-state index in [4.69, 9.17) is 0 Å². The van der Waals surface area contributed by atoms with Crippen molar-refractivity contribution in [2.75, 3.05) is 19.3 Å². The summed E-state index contributed by atoms with van der Waals surface area (Å²) in [4.78, 5) is 19.7. The molecule has 0 spiro atoms. The number of oxime groups is 1. The highest BCUT2D eigenvalue weighted by atomic mass is 32.2. The van der Waals surface area contributed by atoms with E-state index in [1.165, 1.54) is 7.05 Å². The monoisotopic (exact) mass is 261 g/mol. The van der Waals surface area contributed by atoms with Crippen molar-refractivity contribution < 1.29 is 9.63 Å². The Kier molecular flexibility index (Phi) is 5.14. The van der Waals surface area contributed by atoms with E-state index < -0.39 is 6.09 Å². The highest BCUT2D eigenvalue weighted by Crippen LogP contribution is 2.40. The molecule has 1 aliphatic rings. The van der Waals surface area contributed by atoms with E-state index in [9.17, 15) is 4.79 Å². The summed E-state index contributed by atoms with van der Waals surface area (Å²) >= 11 is 3.35. The Morgan fingerprint density at radius 1 is 1.75 bits per heavy atom. The molecule has 7 heteroatoms. The van der Waals surface area contributed by atoms with Gasteiger partial charge < -0.3 is 5.32 Å². The van der Waals surface area contributed by atoms with Crippen LogP contribution >= 0.6 is 23.5 Å². The molecule has 5 nitrogen and oxygen atoms in total. The fourth-order valence-corrected chi connectivity index (χ4v) is 3.75. The van der Waals surface area contributed by atoms with Gasteiger partial charge in [-0.3, -0.25) is 9.83 Å². The maximum Gasteiger partial charge on any atom is 0.433 e. The lowest BCUT2D eigenvalue weighted by atomic mass is 10.2. The van der Waals surface area contributed by atoms with Crippen LogP contribution in [0.15, 0.2) is 10.1 Å². The Bertz CT molecular complexity index is 320. The van der Waals surface area contributed by atoms with Crippen molar-refractivity contribution in [2.45, 2.75) is 18.6 Å². The Hall–Kier alpha value is -0.690. The zero-order chi connectivity index (χ0) is 12.0. The second kappa shape index (κ2) is 6.15. The van der Waals surface area contributed by atoms with Crippen molar-refractivity contribution in [3.63, 3.8) is 0 Å². The molecule has 0 unspecified atom stereocenters. The van der Waals surface area contributed by atoms with Gasteiger partial charge in [-0.05, 0) is 13.8 Å². The highest BCUT2D eigenvalue weighted by molar-refractivity contribution is 8.42. The lowest BCUT2D eigenvalue weighted by Gasteiger charge is -2.12. The smallest absolute Gasteiger partial charge is 0.323 e. The number of hydrogen-bond acceptors (Lipinski definition) is 6. The summed E-state index contributed by atoms with van der Waals surface area (Å²) in [6, 6.07) is 0. The molecule has 0 aromatic carbocycles. The standard InChI is InChI=1S/C9H15N3O2S2/c1-4-11-8-15-6-9(2,16-8)5-12-14-7(13)10-3/h5H,4,6H2,1-3H3,(H,10,13)/b11-8?,12-5-/t9-/m1/s1. The second-order valence-corrected chi connectivity index (χ2v) is 6.05. The Morgan fingerprint density at radius 2 is 2.50 bits per heavy atom. The van der Waals surface area contributed by atoms with E-state index in [2.05, 4.69) is 20.3 Å². The van der Waals surface area contributed by atoms with Crippen LogP contribution in [0.2, 0.25) is 0 Å². The maximum atomic E-state index is 10.8. The molecule has 1 heterocycles. The van der Waals surface area contributed by atoms with Crippen LogP contribution in [0, 0.1) is 0 Å². The predicted octanol–water partition coefficient (Wildman–Crippen LogP) is 1.94. The van der Waals surface area contributed by atoms with Crippen molar-refractivity contribution in [3.8, 4) is 0 Å². The fourth-order valence-electron chi connectivity index (χ4n) is 0.965. The van der Waals surface area contributed by atoms with Crippen molar-refractivity contribution in [2.24, 2.45) is 10.1 Å². The summed E-state index contributed by atoms with van der Waals surface area (Å²) in [5.41, 5.74) is 0. The summed E-state index contributed by atoms with van der Waals surface area (Å²) < 4.78 is 0.920. The minimum Gasteiger partial charge on any atom is -0.323 e. The van der Waals surface area contributed by atoms with E-state index in [0.717, 1.165) is 16.7 Å².